The van der Waals surface area contributed by atoms with E-state index in [0.717, 1.165) is 15.7 Å². The monoisotopic (exact) mass is 345 g/mol. The first-order chi connectivity index (χ1) is 10.1. The minimum Gasteiger partial charge on any atom is -0.321 e. The van der Waals surface area contributed by atoms with Gasteiger partial charge in [-0.2, -0.15) is 9.61 Å². The lowest BCUT2D eigenvalue weighted by molar-refractivity contribution is 0.480. The van der Waals surface area contributed by atoms with Crippen LogP contribution < -0.4 is 5.73 Å². The van der Waals surface area contributed by atoms with Gasteiger partial charge in [0.05, 0.1) is 11.7 Å². The molecule has 1 atom stereocenters. The van der Waals surface area contributed by atoms with Crippen molar-refractivity contribution in [1.82, 2.24) is 19.8 Å². The quantitative estimate of drug-likeness (QED) is 0.791. The normalized spacial score (nSPS) is 13.0. The topological polar surface area (TPSA) is 69.1 Å². The van der Waals surface area contributed by atoms with Gasteiger partial charge in [-0.1, -0.05) is 41.9 Å². The van der Waals surface area contributed by atoms with Crippen LogP contribution in [0.15, 0.2) is 40.9 Å². The average Bonchev–Trinajstić information content (AvgIpc) is 2.90. The summed E-state index contributed by atoms with van der Waals surface area (Å²) in [6, 6.07) is 11.7. The molecule has 0 radical (unpaired) electrons. The van der Waals surface area contributed by atoms with Gasteiger partial charge in [-0.15, -0.1) is 10.2 Å². The SMILES string of the molecule is CC(C)[C@H](N)c1nnc2ccc(-c3ccc(Br)cc3)nn12. The number of benzene rings is 1. The van der Waals surface area contributed by atoms with Crippen molar-refractivity contribution in [2.45, 2.75) is 19.9 Å². The first-order valence-electron chi connectivity index (χ1n) is 6.80. The first kappa shape index (κ1) is 14.2. The third-order valence-electron chi connectivity index (χ3n) is 3.44. The predicted octanol–water partition coefficient (Wildman–Crippen LogP) is 3.21. The third kappa shape index (κ3) is 2.69. The van der Waals surface area contributed by atoms with Crippen molar-refractivity contribution >= 4 is 21.6 Å². The van der Waals surface area contributed by atoms with Gasteiger partial charge < -0.3 is 5.73 Å². The number of halogens is 1. The fourth-order valence-electron chi connectivity index (χ4n) is 2.09. The summed E-state index contributed by atoms with van der Waals surface area (Å²) in [6.45, 7) is 4.12. The Morgan fingerprint density at radius 3 is 2.43 bits per heavy atom. The molecule has 0 aliphatic rings. The highest BCUT2D eigenvalue weighted by Gasteiger charge is 2.18. The number of nitrogens with two attached hydrogens (primary N) is 1. The van der Waals surface area contributed by atoms with Crippen LogP contribution in [0.25, 0.3) is 16.9 Å². The van der Waals surface area contributed by atoms with E-state index in [4.69, 9.17) is 5.73 Å². The summed E-state index contributed by atoms with van der Waals surface area (Å²) in [5.74, 6) is 0.967. The molecule has 6 heteroatoms. The van der Waals surface area contributed by atoms with Gasteiger partial charge in [0.25, 0.3) is 0 Å². The Balaban J connectivity index is 2.10. The Kier molecular flexibility index (Phi) is 3.73. The van der Waals surface area contributed by atoms with Crippen molar-refractivity contribution in [1.29, 1.82) is 0 Å². The van der Waals surface area contributed by atoms with Crippen LogP contribution in [-0.4, -0.2) is 19.8 Å². The van der Waals surface area contributed by atoms with E-state index in [-0.39, 0.29) is 12.0 Å². The predicted molar refractivity (Wildman–Crippen MR) is 85.7 cm³/mol. The molecule has 21 heavy (non-hydrogen) atoms. The molecule has 2 aromatic heterocycles. The largest absolute Gasteiger partial charge is 0.321 e. The summed E-state index contributed by atoms with van der Waals surface area (Å²) in [7, 11) is 0. The van der Waals surface area contributed by atoms with Crippen molar-refractivity contribution in [3.8, 4) is 11.3 Å². The van der Waals surface area contributed by atoms with Gasteiger partial charge in [-0.05, 0) is 30.2 Å². The molecule has 5 nitrogen and oxygen atoms in total. The van der Waals surface area contributed by atoms with Crippen molar-refractivity contribution in [3.05, 3.63) is 46.7 Å². The zero-order chi connectivity index (χ0) is 15.0. The fraction of sp³-hybridized carbons (Fsp3) is 0.267. The number of hydrogen-bond donors (Lipinski definition) is 1. The molecule has 0 unspecified atom stereocenters. The highest BCUT2D eigenvalue weighted by Crippen LogP contribution is 2.22. The molecule has 3 rings (SSSR count). The number of fused-ring (bicyclic) bond motifs is 1. The second-order valence-corrected chi connectivity index (χ2v) is 6.24. The van der Waals surface area contributed by atoms with Gasteiger partial charge in [-0.25, -0.2) is 0 Å². The van der Waals surface area contributed by atoms with Gasteiger partial charge in [-0.3, -0.25) is 0 Å². The molecule has 0 aliphatic carbocycles. The molecule has 0 amide bonds. The van der Waals surface area contributed by atoms with E-state index in [9.17, 15) is 0 Å². The van der Waals surface area contributed by atoms with E-state index in [1.165, 1.54) is 0 Å². The molecule has 0 aliphatic heterocycles. The second kappa shape index (κ2) is 5.54. The molecule has 2 heterocycles. The van der Waals surface area contributed by atoms with Crippen LogP contribution in [0.1, 0.15) is 25.7 Å². The Labute approximate surface area is 131 Å². The lowest BCUT2D eigenvalue weighted by Crippen LogP contribution is -2.20. The van der Waals surface area contributed by atoms with Gasteiger partial charge in [0.1, 0.15) is 0 Å². The molecule has 0 spiro atoms. The average molecular weight is 346 g/mol. The molecular formula is C15H16BrN5. The van der Waals surface area contributed by atoms with Crippen molar-refractivity contribution in [2.24, 2.45) is 11.7 Å². The van der Waals surface area contributed by atoms with Crippen molar-refractivity contribution in [3.63, 3.8) is 0 Å². The number of aromatic nitrogens is 4. The zero-order valence-corrected chi connectivity index (χ0v) is 13.4. The Morgan fingerprint density at radius 2 is 1.76 bits per heavy atom. The van der Waals surface area contributed by atoms with Gasteiger partial charge in [0.2, 0.25) is 0 Å². The summed E-state index contributed by atoms with van der Waals surface area (Å²) < 4.78 is 2.78. The number of nitrogens with zero attached hydrogens (tertiary/aromatic N) is 4. The minimum absolute atomic E-state index is 0.187. The maximum absolute atomic E-state index is 6.19. The Morgan fingerprint density at radius 1 is 1.05 bits per heavy atom. The van der Waals surface area contributed by atoms with Gasteiger partial charge >= 0.3 is 0 Å². The maximum Gasteiger partial charge on any atom is 0.178 e. The lowest BCUT2D eigenvalue weighted by Gasteiger charge is -2.13. The van der Waals surface area contributed by atoms with E-state index in [1.807, 2.05) is 36.4 Å². The summed E-state index contributed by atoms with van der Waals surface area (Å²) >= 11 is 3.44. The molecule has 1 aromatic carbocycles. The smallest absolute Gasteiger partial charge is 0.178 e. The molecule has 0 saturated carbocycles. The highest BCUT2D eigenvalue weighted by molar-refractivity contribution is 9.10. The molecular weight excluding hydrogens is 330 g/mol. The molecule has 2 N–H and O–H groups in total. The molecule has 0 fully saturated rings. The summed E-state index contributed by atoms with van der Waals surface area (Å²) in [5, 5.41) is 13.0. The Bertz CT molecular complexity index is 763. The van der Waals surface area contributed by atoms with E-state index in [0.29, 0.717) is 11.5 Å². The summed E-state index contributed by atoms with van der Waals surface area (Å²) in [5.41, 5.74) is 8.80. The van der Waals surface area contributed by atoms with Crippen LogP contribution in [0.2, 0.25) is 0 Å². The van der Waals surface area contributed by atoms with Crippen LogP contribution in [0.4, 0.5) is 0 Å². The van der Waals surface area contributed by atoms with E-state index in [2.05, 4.69) is 45.1 Å². The Hall–Kier alpha value is -1.79. The maximum atomic E-state index is 6.19. The van der Waals surface area contributed by atoms with E-state index < -0.39 is 0 Å². The van der Waals surface area contributed by atoms with Gasteiger partial charge in [0, 0.05) is 10.0 Å². The lowest BCUT2D eigenvalue weighted by atomic mass is 10.1. The van der Waals surface area contributed by atoms with E-state index in [1.54, 1.807) is 4.52 Å². The summed E-state index contributed by atoms with van der Waals surface area (Å²) in [6.07, 6.45) is 0. The molecule has 0 bridgehead atoms. The van der Waals surface area contributed by atoms with E-state index >= 15 is 0 Å². The fourth-order valence-corrected chi connectivity index (χ4v) is 2.35. The number of rotatable bonds is 3. The standard InChI is InChI=1S/C15H16BrN5/c1-9(2)14(17)15-19-18-13-8-7-12(20-21(13)15)10-3-5-11(16)6-4-10/h3-9,14H,17H2,1-2H3/t14-/m0/s1. The van der Waals surface area contributed by atoms with Gasteiger partial charge in [0.15, 0.2) is 11.5 Å². The van der Waals surface area contributed by atoms with Crippen LogP contribution in [-0.2, 0) is 0 Å². The van der Waals surface area contributed by atoms with Crippen LogP contribution >= 0.6 is 15.9 Å². The second-order valence-electron chi connectivity index (χ2n) is 5.32. The molecule has 3 aromatic rings. The van der Waals surface area contributed by atoms with Crippen LogP contribution in [0.3, 0.4) is 0 Å². The molecule has 0 saturated heterocycles. The van der Waals surface area contributed by atoms with Crippen LogP contribution in [0, 0.1) is 5.92 Å². The zero-order valence-electron chi connectivity index (χ0n) is 11.9. The summed E-state index contributed by atoms with van der Waals surface area (Å²) in [4.78, 5) is 0. The highest BCUT2D eigenvalue weighted by atomic mass is 79.9. The van der Waals surface area contributed by atoms with Crippen molar-refractivity contribution in [2.75, 3.05) is 0 Å². The first-order valence-corrected chi connectivity index (χ1v) is 7.59. The van der Waals surface area contributed by atoms with Crippen LogP contribution in [0.5, 0.6) is 0 Å². The molecule has 108 valence electrons. The minimum atomic E-state index is -0.187. The van der Waals surface area contributed by atoms with Crippen molar-refractivity contribution < 1.29 is 0 Å². The third-order valence-corrected chi connectivity index (χ3v) is 3.97. The number of hydrogen-bond acceptors (Lipinski definition) is 4.